The highest BCUT2D eigenvalue weighted by molar-refractivity contribution is 5.94. The summed E-state index contributed by atoms with van der Waals surface area (Å²) in [6.07, 6.45) is 1.10. The standard InChI is InChI=1S/C11H14F2N2O2/c1-7(2)17-6-5-15-11(16)8-3-4-14-10(13)9(8)12/h3-4,7H,5-6H2,1-2H3,(H,15,16). The van der Waals surface area contributed by atoms with Crippen LogP contribution in [0.5, 0.6) is 0 Å². The molecule has 0 aromatic carbocycles. The number of nitrogens with one attached hydrogen (secondary N) is 1. The lowest BCUT2D eigenvalue weighted by molar-refractivity contribution is 0.0744. The Morgan fingerprint density at radius 3 is 2.88 bits per heavy atom. The molecular formula is C11H14F2N2O2. The van der Waals surface area contributed by atoms with Crippen molar-refractivity contribution in [2.45, 2.75) is 20.0 Å². The minimum Gasteiger partial charge on any atom is -0.377 e. The largest absolute Gasteiger partial charge is 0.377 e. The van der Waals surface area contributed by atoms with Crippen molar-refractivity contribution >= 4 is 5.91 Å². The third-order valence-electron chi connectivity index (χ3n) is 1.93. The van der Waals surface area contributed by atoms with E-state index in [9.17, 15) is 13.6 Å². The Morgan fingerprint density at radius 1 is 1.53 bits per heavy atom. The molecule has 0 aliphatic heterocycles. The van der Waals surface area contributed by atoms with Crippen LogP contribution < -0.4 is 5.32 Å². The van der Waals surface area contributed by atoms with Crippen LogP contribution in [0.1, 0.15) is 24.2 Å². The lowest BCUT2D eigenvalue weighted by Gasteiger charge is -2.09. The van der Waals surface area contributed by atoms with Crippen LogP contribution in [-0.4, -0.2) is 30.1 Å². The van der Waals surface area contributed by atoms with E-state index in [2.05, 4.69) is 10.3 Å². The molecule has 1 amide bonds. The van der Waals surface area contributed by atoms with Gasteiger partial charge in [-0.25, -0.2) is 9.37 Å². The third kappa shape index (κ3) is 4.07. The van der Waals surface area contributed by atoms with Crippen molar-refractivity contribution in [2.75, 3.05) is 13.2 Å². The average Bonchev–Trinajstić information content (AvgIpc) is 2.27. The van der Waals surface area contributed by atoms with E-state index in [1.54, 1.807) is 0 Å². The molecule has 0 bridgehead atoms. The van der Waals surface area contributed by atoms with Gasteiger partial charge in [0.05, 0.1) is 18.3 Å². The van der Waals surface area contributed by atoms with E-state index in [0.717, 1.165) is 12.3 Å². The van der Waals surface area contributed by atoms with Gasteiger partial charge in [-0.05, 0) is 19.9 Å². The zero-order chi connectivity index (χ0) is 12.8. The van der Waals surface area contributed by atoms with Crippen molar-refractivity contribution in [1.82, 2.24) is 10.3 Å². The maximum Gasteiger partial charge on any atom is 0.254 e. The van der Waals surface area contributed by atoms with Gasteiger partial charge in [0.1, 0.15) is 0 Å². The van der Waals surface area contributed by atoms with Gasteiger partial charge in [-0.3, -0.25) is 4.79 Å². The number of pyridine rings is 1. The molecule has 0 spiro atoms. The van der Waals surface area contributed by atoms with Gasteiger partial charge in [0.25, 0.3) is 5.91 Å². The minimum absolute atomic E-state index is 0.0574. The summed E-state index contributed by atoms with van der Waals surface area (Å²) in [6.45, 7) is 4.28. The number of nitrogens with zero attached hydrogens (tertiary/aromatic N) is 1. The fourth-order valence-electron chi connectivity index (χ4n) is 1.15. The number of hydrogen-bond acceptors (Lipinski definition) is 3. The van der Waals surface area contributed by atoms with Crippen molar-refractivity contribution in [1.29, 1.82) is 0 Å². The molecule has 6 heteroatoms. The highest BCUT2D eigenvalue weighted by Crippen LogP contribution is 2.08. The Bertz CT molecular complexity index is 397. The number of aromatic nitrogens is 1. The molecule has 1 aromatic heterocycles. The van der Waals surface area contributed by atoms with Gasteiger partial charge in [-0.1, -0.05) is 0 Å². The van der Waals surface area contributed by atoms with Crippen LogP contribution in [0.3, 0.4) is 0 Å². The molecule has 0 saturated carbocycles. The van der Waals surface area contributed by atoms with Crippen molar-refractivity contribution in [3.63, 3.8) is 0 Å². The molecule has 4 nitrogen and oxygen atoms in total. The summed E-state index contributed by atoms with van der Waals surface area (Å²) in [4.78, 5) is 14.6. The summed E-state index contributed by atoms with van der Waals surface area (Å²) in [6, 6.07) is 1.12. The maximum atomic E-state index is 13.2. The van der Waals surface area contributed by atoms with Crippen LogP contribution in [-0.2, 0) is 4.74 Å². The number of rotatable bonds is 5. The second kappa shape index (κ2) is 6.24. The molecular weight excluding hydrogens is 230 g/mol. The van der Waals surface area contributed by atoms with Crippen molar-refractivity contribution in [3.8, 4) is 0 Å². The molecule has 94 valence electrons. The molecule has 1 heterocycles. The zero-order valence-electron chi connectivity index (χ0n) is 9.67. The Morgan fingerprint density at radius 2 is 2.24 bits per heavy atom. The van der Waals surface area contributed by atoms with Crippen LogP contribution in [0.15, 0.2) is 12.3 Å². The van der Waals surface area contributed by atoms with Crippen molar-refractivity contribution in [3.05, 3.63) is 29.6 Å². The number of carbonyl (C=O) groups is 1. The summed E-state index contributed by atoms with van der Waals surface area (Å²) in [5.74, 6) is -3.21. The van der Waals surface area contributed by atoms with Gasteiger partial charge < -0.3 is 10.1 Å². The van der Waals surface area contributed by atoms with Gasteiger partial charge in [-0.15, -0.1) is 0 Å². The van der Waals surface area contributed by atoms with Gasteiger partial charge >= 0.3 is 0 Å². The predicted molar refractivity (Wildman–Crippen MR) is 57.6 cm³/mol. The Hall–Kier alpha value is -1.56. The molecule has 1 N–H and O–H groups in total. The van der Waals surface area contributed by atoms with Crippen LogP contribution in [0.25, 0.3) is 0 Å². The number of ether oxygens (including phenoxy) is 1. The van der Waals surface area contributed by atoms with Crippen LogP contribution >= 0.6 is 0 Å². The van der Waals surface area contributed by atoms with E-state index in [4.69, 9.17) is 4.74 Å². The molecule has 0 atom stereocenters. The van der Waals surface area contributed by atoms with Crippen molar-refractivity contribution < 1.29 is 18.3 Å². The topological polar surface area (TPSA) is 51.2 Å². The molecule has 0 radical (unpaired) electrons. The average molecular weight is 244 g/mol. The number of halogens is 2. The quantitative estimate of drug-likeness (QED) is 0.631. The molecule has 0 saturated heterocycles. The first-order chi connectivity index (χ1) is 8.02. The number of amides is 1. The van der Waals surface area contributed by atoms with Gasteiger partial charge in [-0.2, -0.15) is 4.39 Å². The molecule has 0 aliphatic carbocycles. The summed E-state index contributed by atoms with van der Waals surface area (Å²) in [5.41, 5.74) is -0.359. The molecule has 0 fully saturated rings. The molecule has 1 aromatic rings. The Kier molecular flexibility index (Phi) is 4.96. The van der Waals surface area contributed by atoms with Gasteiger partial charge in [0.15, 0.2) is 5.82 Å². The first-order valence-electron chi connectivity index (χ1n) is 5.22. The minimum atomic E-state index is -1.28. The normalized spacial score (nSPS) is 10.6. The first-order valence-corrected chi connectivity index (χ1v) is 5.22. The summed E-state index contributed by atoms with van der Waals surface area (Å²) >= 11 is 0. The highest BCUT2D eigenvalue weighted by atomic mass is 19.2. The van der Waals surface area contributed by atoms with Crippen molar-refractivity contribution in [2.24, 2.45) is 0 Å². The number of carbonyl (C=O) groups excluding carboxylic acids is 1. The monoisotopic (exact) mass is 244 g/mol. The predicted octanol–water partition coefficient (Wildman–Crippen LogP) is 1.51. The highest BCUT2D eigenvalue weighted by Gasteiger charge is 2.15. The van der Waals surface area contributed by atoms with Gasteiger partial charge in [0.2, 0.25) is 5.95 Å². The smallest absolute Gasteiger partial charge is 0.254 e. The van der Waals surface area contributed by atoms with E-state index in [1.807, 2.05) is 13.8 Å². The number of hydrogen-bond donors (Lipinski definition) is 1. The zero-order valence-corrected chi connectivity index (χ0v) is 9.67. The SMILES string of the molecule is CC(C)OCCNC(=O)c1ccnc(F)c1F. The Labute approximate surface area is 98.0 Å². The van der Waals surface area contributed by atoms with Crippen LogP contribution in [0, 0.1) is 11.8 Å². The second-order valence-electron chi connectivity index (χ2n) is 3.64. The fraction of sp³-hybridized carbons (Fsp3) is 0.455. The summed E-state index contributed by atoms with van der Waals surface area (Å²) in [7, 11) is 0. The summed E-state index contributed by atoms with van der Waals surface area (Å²) in [5, 5.41) is 2.42. The summed E-state index contributed by atoms with van der Waals surface area (Å²) < 4.78 is 31.1. The van der Waals surface area contributed by atoms with Crippen LogP contribution in [0.4, 0.5) is 8.78 Å². The molecule has 0 aliphatic rings. The lowest BCUT2D eigenvalue weighted by Crippen LogP contribution is -2.29. The molecule has 17 heavy (non-hydrogen) atoms. The van der Waals surface area contributed by atoms with E-state index < -0.39 is 17.7 Å². The van der Waals surface area contributed by atoms with Gasteiger partial charge in [0, 0.05) is 12.7 Å². The van der Waals surface area contributed by atoms with E-state index in [-0.39, 0.29) is 18.2 Å². The van der Waals surface area contributed by atoms with E-state index in [1.165, 1.54) is 0 Å². The van der Waals surface area contributed by atoms with E-state index >= 15 is 0 Å². The first kappa shape index (κ1) is 13.5. The second-order valence-corrected chi connectivity index (χ2v) is 3.64. The lowest BCUT2D eigenvalue weighted by atomic mass is 10.2. The maximum absolute atomic E-state index is 13.2. The fourth-order valence-corrected chi connectivity index (χ4v) is 1.15. The molecule has 0 unspecified atom stereocenters. The third-order valence-corrected chi connectivity index (χ3v) is 1.93. The molecule has 1 rings (SSSR count). The Balaban J connectivity index is 2.50. The van der Waals surface area contributed by atoms with E-state index in [0.29, 0.717) is 6.61 Å². The van der Waals surface area contributed by atoms with Crippen LogP contribution in [0.2, 0.25) is 0 Å².